The SMILES string of the molecule is Cc1nc(N2CCN(C)CC2)nc2c1C(=O)C[C@H](/C=C/c1ccccc1)C2. The molecule has 0 saturated carbocycles. The smallest absolute Gasteiger partial charge is 0.225 e. The molecule has 0 bridgehead atoms. The zero-order valence-corrected chi connectivity index (χ0v) is 16.1. The fraction of sp³-hybridized carbons (Fsp3) is 0.409. The lowest BCUT2D eigenvalue weighted by Gasteiger charge is -2.33. The Morgan fingerprint density at radius 2 is 1.78 bits per heavy atom. The maximum absolute atomic E-state index is 12.7. The molecule has 1 saturated heterocycles. The van der Waals surface area contributed by atoms with Crippen molar-refractivity contribution in [1.82, 2.24) is 14.9 Å². The fourth-order valence-electron chi connectivity index (χ4n) is 3.88. The number of benzene rings is 1. The number of hydrogen-bond donors (Lipinski definition) is 0. The van der Waals surface area contributed by atoms with Crippen molar-refractivity contribution in [2.24, 2.45) is 5.92 Å². The van der Waals surface area contributed by atoms with Crippen molar-refractivity contribution in [1.29, 1.82) is 0 Å². The average molecular weight is 362 g/mol. The van der Waals surface area contributed by atoms with Gasteiger partial charge in [-0.1, -0.05) is 42.5 Å². The van der Waals surface area contributed by atoms with E-state index in [4.69, 9.17) is 4.98 Å². The molecule has 0 spiro atoms. The molecule has 2 heterocycles. The van der Waals surface area contributed by atoms with Crippen LogP contribution in [0.2, 0.25) is 0 Å². The Labute approximate surface area is 160 Å². The third-order valence-electron chi connectivity index (χ3n) is 5.48. The molecule has 1 aliphatic heterocycles. The quantitative estimate of drug-likeness (QED) is 0.840. The normalized spacial score (nSPS) is 20.9. The molecule has 27 heavy (non-hydrogen) atoms. The van der Waals surface area contributed by atoms with E-state index >= 15 is 0 Å². The molecule has 1 aromatic heterocycles. The van der Waals surface area contributed by atoms with Gasteiger partial charge in [0.1, 0.15) is 0 Å². The van der Waals surface area contributed by atoms with Crippen LogP contribution in [0.25, 0.3) is 6.08 Å². The van der Waals surface area contributed by atoms with Crippen molar-refractivity contribution in [3.63, 3.8) is 0 Å². The highest BCUT2D eigenvalue weighted by Crippen LogP contribution is 2.29. The Bertz CT molecular complexity index is 854. The van der Waals surface area contributed by atoms with Crippen LogP contribution in [-0.4, -0.2) is 53.9 Å². The maximum Gasteiger partial charge on any atom is 0.225 e. The Kier molecular flexibility index (Phi) is 5.03. The standard InChI is InChI=1S/C22H26N4O/c1-16-21-19(24-22(23-16)26-12-10-25(2)11-13-26)14-18(15-20(21)27)9-8-17-6-4-3-5-7-17/h3-9,18H,10-15H2,1-2H3/b9-8+/t18-/m1/s1. The van der Waals surface area contributed by atoms with Gasteiger partial charge in [-0.15, -0.1) is 0 Å². The van der Waals surface area contributed by atoms with Gasteiger partial charge in [-0.05, 0) is 31.9 Å². The van der Waals surface area contributed by atoms with Crippen LogP contribution in [0.3, 0.4) is 0 Å². The number of carbonyl (C=O) groups excluding carboxylic acids is 1. The van der Waals surface area contributed by atoms with Gasteiger partial charge in [-0.3, -0.25) is 4.79 Å². The molecule has 0 N–H and O–H groups in total. The van der Waals surface area contributed by atoms with Crippen molar-refractivity contribution in [3.05, 3.63) is 58.9 Å². The minimum Gasteiger partial charge on any atom is -0.338 e. The molecule has 0 unspecified atom stereocenters. The minimum atomic E-state index is 0.168. The van der Waals surface area contributed by atoms with E-state index in [1.54, 1.807) is 0 Å². The van der Waals surface area contributed by atoms with Crippen LogP contribution in [0, 0.1) is 12.8 Å². The number of anilines is 1. The van der Waals surface area contributed by atoms with E-state index in [-0.39, 0.29) is 11.7 Å². The lowest BCUT2D eigenvalue weighted by Crippen LogP contribution is -2.45. The Morgan fingerprint density at radius 1 is 1.04 bits per heavy atom. The topological polar surface area (TPSA) is 49.3 Å². The molecule has 5 nitrogen and oxygen atoms in total. The Balaban J connectivity index is 1.57. The number of fused-ring (bicyclic) bond motifs is 1. The molecular weight excluding hydrogens is 336 g/mol. The molecule has 2 aliphatic rings. The molecule has 140 valence electrons. The zero-order chi connectivity index (χ0) is 18.8. The van der Waals surface area contributed by atoms with Crippen LogP contribution in [0.5, 0.6) is 0 Å². The highest BCUT2D eigenvalue weighted by molar-refractivity contribution is 5.99. The van der Waals surface area contributed by atoms with Crippen molar-refractivity contribution in [2.45, 2.75) is 19.8 Å². The summed E-state index contributed by atoms with van der Waals surface area (Å²) in [5.74, 6) is 1.14. The number of piperazine rings is 1. The number of hydrogen-bond acceptors (Lipinski definition) is 5. The molecule has 1 atom stereocenters. The lowest BCUT2D eigenvalue weighted by molar-refractivity contribution is 0.0956. The second-order valence-electron chi connectivity index (χ2n) is 7.58. The van der Waals surface area contributed by atoms with Crippen LogP contribution in [0.1, 0.15) is 33.7 Å². The van der Waals surface area contributed by atoms with E-state index in [1.165, 1.54) is 0 Å². The number of Topliss-reactive ketones (excluding diaryl/α,β-unsaturated/α-hetero) is 1. The first-order chi connectivity index (χ1) is 13.1. The van der Waals surface area contributed by atoms with Gasteiger partial charge in [0.25, 0.3) is 0 Å². The zero-order valence-electron chi connectivity index (χ0n) is 16.1. The summed E-state index contributed by atoms with van der Waals surface area (Å²) in [5.41, 5.74) is 3.64. The summed E-state index contributed by atoms with van der Waals surface area (Å²) < 4.78 is 0. The van der Waals surface area contributed by atoms with E-state index < -0.39 is 0 Å². The number of ketones is 1. The predicted octanol–water partition coefficient (Wildman–Crippen LogP) is 3.00. The van der Waals surface area contributed by atoms with Crippen LogP contribution >= 0.6 is 0 Å². The molecule has 0 amide bonds. The highest BCUT2D eigenvalue weighted by Gasteiger charge is 2.29. The number of likely N-dealkylation sites (N-methyl/N-ethyl adjacent to an activating group) is 1. The summed E-state index contributed by atoms with van der Waals surface area (Å²) in [4.78, 5) is 26.8. The van der Waals surface area contributed by atoms with Crippen LogP contribution in [0.4, 0.5) is 5.95 Å². The van der Waals surface area contributed by atoms with Gasteiger partial charge >= 0.3 is 0 Å². The number of allylic oxidation sites excluding steroid dienone is 1. The average Bonchev–Trinajstić information content (AvgIpc) is 2.67. The maximum atomic E-state index is 12.7. The summed E-state index contributed by atoms with van der Waals surface area (Å²) in [7, 11) is 2.14. The van der Waals surface area contributed by atoms with E-state index in [9.17, 15) is 4.79 Å². The molecular formula is C22H26N4O. The largest absolute Gasteiger partial charge is 0.338 e. The van der Waals surface area contributed by atoms with Crippen molar-refractivity contribution in [2.75, 3.05) is 38.1 Å². The number of aryl methyl sites for hydroxylation is 1. The summed E-state index contributed by atoms with van der Waals surface area (Å²) in [6, 6.07) is 10.2. The van der Waals surface area contributed by atoms with Crippen LogP contribution < -0.4 is 4.90 Å². The number of aromatic nitrogens is 2. The summed E-state index contributed by atoms with van der Waals surface area (Å²) in [6.07, 6.45) is 5.60. The number of rotatable bonds is 3. The van der Waals surface area contributed by atoms with Gasteiger partial charge in [-0.25, -0.2) is 9.97 Å². The van der Waals surface area contributed by atoms with Gasteiger partial charge in [-0.2, -0.15) is 0 Å². The summed E-state index contributed by atoms with van der Waals surface area (Å²) >= 11 is 0. The number of carbonyl (C=O) groups is 1. The van der Waals surface area contributed by atoms with E-state index in [0.717, 1.165) is 61.1 Å². The molecule has 1 fully saturated rings. The van der Waals surface area contributed by atoms with Crippen molar-refractivity contribution >= 4 is 17.8 Å². The van der Waals surface area contributed by atoms with E-state index in [0.29, 0.717) is 6.42 Å². The molecule has 4 rings (SSSR count). The molecule has 1 aliphatic carbocycles. The van der Waals surface area contributed by atoms with Gasteiger partial charge in [0.15, 0.2) is 5.78 Å². The molecule has 0 radical (unpaired) electrons. The molecule has 5 heteroatoms. The van der Waals surface area contributed by atoms with E-state index in [1.807, 2.05) is 25.1 Å². The predicted molar refractivity (Wildman–Crippen MR) is 108 cm³/mol. The molecule has 1 aromatic carbocycles. The first-order valence-electron chi connectivity index (χ1n) is 9.67. The highest BCUT2D eigenvalue weighted by atomic mass is 16.1. The van der Waals surface area contributed by atoms with Gasteiger partial charge in [0.2, 0.25) is 5.95 Å². The van der Waals surface area contributed by atoms with Crippen molar-refractivity contribution < 1.29 is 4.79 Å². The van der Waals surface area contributed by atoms with Crippen molar-refractivity contribution in [3.8, 4) is 0 Å². The van der Waals surface area contributed by atoms with Gasteiger partial charge in [0.05, 0.1) is 17.0 Å². The van der Waals surface area contributed by atoms with Crippen LogP contribution in [0.15, 0.2) is 36.4 Å². The minimum absolute atomic E-state index is 0.168. The first-order valence-corrected chi connectivity index (χ1v) is 9.67. The van der Waals surface area contributed by atoms with Gasteiger partial charge < -0.3 is 9.80 Å². The summed E-state index contributed by atoms with van der Waals surface area (Å²) in [6.45, 7) is 5.83. The third kappa shape index (κ3) is 3.93. The molecule has 2 aromatic rings. The third-order valence-corrected chi connectivity index (χ3v) is 5.48. The summed E-state index contributed by atoms with van der Waals surface area (Å²) in [5, 5.41) is 0. The first kappa shape index (κ1) is 17.9. The van der Waals surface area contributed by atoms with Crippen LogP contribution in [-0.2, 0) is 6.42 Å². The second kappa shape index (κ2) is 7.61. The monoisotopic (exact) mass is 362 g/mol. The Morgan fingerprint density at radius 3 is 2.52 bits per heavy atom. The van der Waals surface area contributed by atoms with Gasteiger partial charge in [0, 0.05) is 32.6 Å². The number of nitrogens with zero attached hydrogens (tertiary/aromatic N) is 4. The second-order valence-corrected chi connectivity index (χ2v) is 7.58. The van der Waals surface area contributed by atoms with E-state index in [2.05, 4.69) is 46.1 Å². The fourth-order valence-corrected chi connectivity index (χ4v) is 3.88. The Hall–Kier alpha value is -2.53. The lowest BCUT2D eigenvalue weighted by atomic mass is 9.85.